The van der Waals surface area contributed by atoms with E-state index < -0.39 is 0 Å². The lowest BCUT2D eigenvalue weighted by atomic mass is 9.92. The highest BCUT2D eigenvalue weighted by Crippen LogP contribution is 2.28. The molecule has 19 heavy (non-hydrogen) atoms. The first-order valence-electron chi connectivity index (χ1n) is 6.17. The van der Waals surface area contributed by atoms with Crippen molar-refractivity contribution in [2.75, 3.05) is 5.88 Å². The van der Waals surface area contributed by atoms with E-state index in [4.69, 9.17) is 23.2 Å². The lowest BCUT2D eigenvalue weighted by molar-refractivity contribution is 0.624. The molecule has 0 aliphatic heterocycles. The van der Waals surface area contributed by atoms with Crippen molar-refractivity contribution in [3.8, 4) is 0 Å². The normalized spacial score (nSPS) is 12.4. The van der Waals surface area contributed by atoms with Gasteiger partial charge in [0.2, 0.25) is 0 Å². The third-order valence-electron chi connectivity index (χ3n) is 3.20. The van der Waals surface area contributed by atoms with Crippen LogP contribution in [0.3, 0.4) is 0 Å². The summed E-state index contributed by atoms with van der Waals surface area (Å²) in [5.74, 6) is 0.244. The second kappa shape index (κ2) is 6.40. The maximum atomic E-state index is 13.4. The summed E-state index contributed by atoms with van der Waals surface area (Å²) >= 11 is 12.1. The van der Waals surface area contributed by atoms with Crippen molar-refractivity contribution in [2.45, 2.75) is 19.3 Å². The van der Waals surface area contributed by atoms with Gasteiger partial charge >= 0.3 is 0 Å². The number of rotatable bonds is 4. The zero-order valence-electron chi connectivity index (χ0n) is 10.7. The van der Waals surface area contributed by atoms with Crippen LogP contribution < -0.4 is 0 Å². The van der Waals surface area contributed by atoms with E-state index in [0.717, 1.165) is 11.1 Å². The van der Waals surface area contributed by atoms with Gasteiger partial charge in [-0.15, -0.1) is 11.6 Å². The molecule has 0 saturated carbocycles. The molecule has 100 valence electrons. The van der Waals surface area contributed by atoms with Gasteiger partial charge in [-0.1, -0.05) is 53.6 Å². The van der Waals surface area contributed by atoms with Gasteiger partial charge in [0.1, 0.15) is 5.82 Å². The van der Waals surface area contributed by atoms with Crippen LogP contribution >= 0.6 is 23.2 Å². The summed E-state index contributed by atoms with van der Waals surface area (Å²) in [6.07, 6.45) is 0.642. The molecule has 0 aromatic heterocycles. The van der Waals surface area contributed by atoms with Gasteiger partial charge in [-0.2, -0.15) is 0 Å². The molecule has 0 heterocycles. The fourth-order valence-electron chi connectivity index (χ4n) is 2.16. The van der Waals surface area contributed by atoms with Crippen LogP contribution in [-0.2, 0) is 6.42 Å². The Kier molecular flexibility index (Phi) is 4.84. The standard InChI is InChI=1S/C16H15Cl2F/c1-11-4-2-5-12(8-11)14(10-17)9-13-6-3-7-15(19)16(13)18/h2-8,14H,9-10H2,1H3. The van der Waals surface area contributed by atoms with Gasteiger partial charge in [-0.3, -0.25) is 0 Å². The summed E-state index contributed by atoms with van der Waals surface area (Å²) in [6, 6.07) is 13.1. The Morgan fingerprint density at radius 2 is 1.89 bits per heavy atom. The first kappa shape index (κ1) is 14.4. The molecule has 0 aliphatic rings. The quantitative estimate of drug-likeness (QED) is 0.667. The molecule has 0 spiro atoms. The van der Waals surface area contributed by atoms with Crippen molar-refractivity contribution in [1.29, 1.82) is 0 Å². The molecule has 0 nitrogen and oxygen atoms in total. The summed E-state index contributed by atoms with van der Waals surface area (Å²) < 4.78 is 13.4. The second-order valence-electron chi connectivity index (χ2n) is 4.68. The highest BCUT2D eigenvalue weighted by molar-refractivity contribution is 6.31. The lowest BCUT2D eigenvalue weighted by Crippen LogP contribution is -2.06. The number of alkyl halides is 1. The van der Waals surface area contributed by atoms with Crippen molar-refractivity contribution in [2.24, 2.45) is 0 Å². The molecule has 0 aliphatic carbocycles. The summed E-state index contributed by atoms with van der Waals surface area (Å²) in [4.78, 5) is 0. The topological polar surface area (TPSA) is 0 Å². The predicted molar refractivity (Wildman–Crippen MR) is 79.8 cm³/mol. The molecular formula is C16H15Cl2F. The second-order valence-corrected chi connectivity index (χ2v) is 5.37. The van der Waals surface area contributed by atoms with Crippen LogP contribution in [0.1, 0.15) is 22.6 Å². The van der Waals surface area contributed by atoms with Gasteiger partial charge in [-0.05, 0) is 30.5 Å². The zero-order valence-corrected chi connectivity index (χ0v) is 12.2. The molecule has 0 amide bonds. The molecular weight excluding hydrogens is 282 g/mol. The van der Waals surface area contributed by atoms with Crippen molar-refractivity contribution in [3.05, 3.63) is 70.0 Å². The molecule has 0 fully saturated rings. The molecule has 1 unspecified atom stereocenters. The van der Waals surface area contributed by atoms with E-state index in [1.807, 2.05) is 31.2 Å². The van der Waals surface area contributed by atoms with Gasteiger partial charge in [0, 0.05) is 11.8 Å². The van der Waals surface area contributed by atoms with Crippen LogP contribution in [0.25, 0.3) is 0 Å². The van der Waals surface area contributed by atoms with Crippen LogP contribution in [0.5, 0.6) is 0 Å². The largest absolute Gasteiger partial charge is 0.205 e. The monoisotopic (exact) mass is 296 g/mol. The average Bonchev–Trinajstić information content (AvgIpc) is 2.40. The Morgan fingerprint density at radius 3 is 2.58 bits per heavy atom. The minimum absolute atomic E-state index is 0.140. The van der Waals surface area contributed by atoms with Crippen molar-refractivity contribution < 1.29 is 4.39 Å². The molecule has 2 rings (SSSR count). The average molecular weight is 297 g/mol. The summed E-state index contributed by atoms with van der Waals surface area (Å²) in [6.45, 7) is 2.05. The summed E-state index contributed by atoms with van der Waals surface area (Å²) in [5, 5.41) is 0.199. The lowest BCUT2D eigenvalue weighted by Gasteiger charge is -2.16. The summed E-state index contributed by atoms with van der Waals surface area (Å²) in [7, 11) is 0. The SMILES string of the molecule is Cc1cccc(C(CCl)Cc2cccc(F)c2Cl)c1. The summed E-state index contributed by atoms with van der Waals surface area (Å²) in [5.41, 5.74) is 3.15. The minimum Gasteiger partial charge on any atom is -0.205 e. The Morgan fingerprint density at radius 1 is 1.16 bits per heavy atom. The number of hydrogen-bond donors (Lipinski definition) is 0. The Labute approximate surface area is 123 Å². The fraction of sp³-hybridized carbons (Fsp3) is 0.250. The Balaban J connectivity index is 2.26. The van der Waals surface area contributed by atoms with Crippen molar-refractivity contribution >= 4 is 23.2 Å². The van der Waals surface area contributed by atoms with Gasteiger partial charge in [0.25, 0.3) is 0 Å². The molecule has 0 saturated heterocycles. The van der Waals surface area contributed by atoms with Gasteiger partial charge in [0.15, 0.2) is 0 Å². The number of halogens is 3. The molecule has 2 aromatic carbocycles. The molecule has 0 radical (unpaired) electrons. The van der Waals surface area contributed by atoms with Crippen LogP contribution in [0, 0.1) is 12.7 Å². The van der Waals surface area contributed by atoms with Gasteiger partial charge in [0.05, 0.1) is 5.02 Å². The van der Waals surface area contributed by atoms with Gasteiger partial charge in [-0.25, -0.2) is 4.39 Å². The van der Waals surface area contributed by atoms with E-state index in [2.05, 4.69) is 6.07 Å². The third-order valence-corrected chi connectivity index (χ3v) is 3.99. The third kappa shape index (κ3) is 3.49. The van der Waals surface area contributed by atoms with Crippen LogP contribution in [0.15, 0.2) is 42.5 Å². The maximum absolute atomic E-state index is 13.4. The number of hydrogen-bond acceptors (Lipinski definition) is 0. The Bertz CT molecular complexity index is 566. The van der Waals surface area contributed by atoms with Crippen LogP contribution in [-0.4, -0.2) is 5.88 Å². The van der Waals surface area contributed by atoms with Crippen LogP contribution in [0.4, 0.5) is 4.39 Å². The molecule has 0 N–H and O–H groups in total. The zero-order chi connectivity index (χ0) is 13.8. The van der Waals surface area contributed by atoms with E-state index >= 15 is 0 Å². The number of aryl methyl sites for hydroxylation is 1. The molecule has 1 atom stereocenters. The van der Waals surface area contributed by atoms with E-state index in [0.29, 0.717) is 12.3 Å². The Hall–Kier alpha value is -1.05. The molecule has 2 aromatic rings. The first-order chi connectivity index (χ1) is 9.11. The van der Waals surface area contributed by atoms with Crippen LogP contribution in [0.2, 0.25) is 5.02 Å². The van der Waals surface area contributed by atoms with E-state index in [9.17, 15) is 4.39 Å². The molecule has 3 heteroatoms. The van der Waals surface area contributed by atoms with Crippen molar-refractivity contribution in [3.63, 3.8) is 0 Å². The minimum atomic E-state index is -0.378. The maximum Gasteiger partial charge on any atom is 0.142 e. The highest BCUT2D eigenvalue weighted by atomic mass is 35.5. The smallest absolute Gasteiger partial charge is 0.142 e. The van der Waals surface area contributed by atoms with E-state index in [1.165, 1.54) is 11.6 Å². The molecule has 0 bridgehead atoms. The first-order valence-corrected chi connectivity index (χ1v) is 7.08. The fourth-order valence-corrected chi connectivity index (χ4v) is 2.65. The van der Waals surface area contributed by atoms with Gasteiger partial charge < -0.3 is 0 Å². The number of benzene rings is 2. The highest BCUT2D eigenvalue weighted by Gasteiger charge is 2.14. The van der Waals surface area contributed by atoms with Crippen molar-refractivity contribution in [1.82, 2.24) is 0 Å². The van der Waals surface area contributed by atoms with E-state index in [-0.39, 0.29) is 16.8 Å². The van der Waals surface area contributed by atoms with E-state index in [1.54, 1.807) is 6.07 Å². The predicted octanol–water partition coefficient (Wildman–Crippen LogP) is 5.35.